The summed E-state index contributed by atoms with van der Waals surface area (Å²) < 4.78 is 12.9. The highest BCUT2D eigenvalue weighted by Crippen LogP contribution is 2.61. The molecule has 2 bridgehead atoms. The van der Waals surface area contributed by atoms with Gasteiger partial charge in [-0.3, -0.25) is 19.2 Å². The number of halogens is 1. The molecule has 10 nitrogen and oxygen atoms in total. The Kier molecular flexibility index (Phi) is 13.4. The lowest BCUT2D eigenvalue weighted by Gasteiger charge is -2.39. The average molecular weight is 731 g/mol. The number of benzene rings is 1. The van der Waals surface area contributed by atoms with Crippen molar-refractivity contribution in [2.45, 2.75) is 100 Å². The molecule has 4 rings (SSSR count). The van der Waals surface area contributed by atoms with Crippen molar-refractivity contribution in [2.75, 3.05) is 26.2 Å². The Hall–Kier alpha value is -3.02. The van der Waals surface area contributed by atoms with Crippen LogP contribution in [0.25, 0.3) is 0 Å². The fourth-order valence-corrected chi connectivity index (χ4v) is 8.59. The van der Waals surface area contributed by atoms with Gasteiger partial charge in [0.25, 0.3) is 0 Å². The molecule has 0 aliphatic carbocycles. The van der Waals surface area contributed by atoms with Crippen molar-refractivity contribution in [3.8, 4) is 0 Å². The summed E-state index contributed by atoms with van der Waals surface area (Å²) in [7, 11) is 0. The lowest BCUT2D eigenvalue weighted by atomic mass is 9.70. The van der Waals surface area contributed by atoms with Gasteiger partial charge in [-0.05, 0) is 37.2 Å². The number of hydrogen-bond donors (Lipinski definition) is 2. The number of esters is 1. The lowest BCUT2D eigenvalue weighted by molar-refractivity contribution is -0.161. The first kappa shape index (κ1) is 37.8. The maximum absolute atomic E-state index is 14.7. The molecule has 0 aromatic heterocycles. The first-order valence-electron chi connectivity index (χ1n) is 17.3. The first-order chi connectivity index (χ1) is 23.0. The minimum Gasteiger partial charge on any atom is -0.455 e. The van der Waals surface area contributed by atoms with E-state index in [1.54, 1.807) is 17.1 Å². The molecule has 2 N–H and O–H groups in total. The van der Waals surface area contributed by atoms with Crippen molar-refractivity contribution >= 4 is 39.6 Å². The van der Waals surface area contributed by atoms with E-state index in [0.717, 1.165) is 19.3 Å². The molecule has 0 saturated carbocycles. The van der Waals surface area contributed by atoms with Crippen molar-refractivity contribution in [2.24, 2.45) is 17.8 Å². The molecule has 3 aliphatic rings. The summed E-state index contributed by atoms with van der Waals surface area (Å²) in [5, 5.41) is 13.5. The number of aliphatic hydroxyl groups is 1. The molecule has 264 valence electrons. The largest absolute Gasteiger partial charge is 0.455 e. The van der Waals surface area contributed by atoms with Crippen molar-refractivity contribution in [3.05, 3.63) is 61.2 Å². The number of amides is 3. The van der Waals surface area contributed by atoms with Gasteiger partial charge in [-0.15, -0.1) is 13.2 Å². The number of alkyl halides is 1. The molecule has 1 aromatic carbocycles. The van der Waals surface area contributed by atoms with Crippen LogP contribution in [0, 0.1) is 17.8 Å². The van der Waals surface area contributed by atoms with E-state index in [2.05, 4.69) is 41.3 Å². The third kappa shape index (κ3) is 7.89. The minimum absolute atomic E-state index is 0.0496. The normalized spacial score (nSPS) is 27.0. The molecule has 11 heteroatoms. The predicted molar refractivity (Wildman–Crippen MR) is 187 cm³/mol. The number of allylic oxidation sites excluding steroid dienone is 1. The predicted octanol–water partition coefficient (Wildman–Crippen LogP) is 4.71. The van der Waals surface area contributed by atoms with Gasteiger partial charge >= 0.3 is 5.97 Å². The molecule has 48 heavy (non-hydrogen) atoms. The summed E-state index contributed by atoms with van der Waals surface area (Å²) in [6, 6.07) is 7.49. The summed E-state index contributed by atoms with van der Waals surface area (Å²) in [6.45, 7) is 14.2. The Bertz CT molecular complexity index is 1310. The number of carbonyl (C=O) groups excluding carboxylic acids is 4. The monoisotopic (exact) mass is 729 g/mol. The Morgan fingerprint density at radius 2 is 1.94 bits per heavy atom. The SMILES string of the molecule is C=CCCC(=O)NC[C@@H](OC(=O)[C@@H]1[C@H]2O[C@@]3(CC2Br)[C@H](C(=O)N(CC=C)CCCCC)N([C@@H](CO)CC(C)C)C(=O)[C@@H]13)c1ccccc1. The summed E-state index contributed by atoms with van der Waals surface area (Å²) in [6.07, 6.45) is 6.17. The van der Waals surface area contributed by atoms with E-state index in [1.165, 1.54) is 4.90 Å². The van der Waals surface area contributed by atoms with Gasteiger partial charge in [-0.25, -0.2) is 0 Å². The number of rotatable bonds is 19. The average Bonchev–Trinajstić information content (AvgIpc) is 3.67. The quantitative estimate of drug-likeness (QED) is 0.0915. The zero-order valence-corrected chi connectivity index (χ0v) is 30.1. The number of nitrogens with zero attached hydrogens (tertiary/aromatic N) is 2. The lowest BCUT2D eigenvalue weighted by Crippen LogP contribution is -2.59. The molecule has 3 fully saturated rings. The fraction of sp³-hybridized carbons (Fsp3) is 0.622. The summed E-state index contributed by atoms with van der Waals surface area (Å²) in [5.74, 6) is -3.29. The van der Waals surface area contributed by atoms with Gasteiger partial charge in [0.15, 0.2) is 0 Å². The van der Waals surface area contributed by atoms with Crippen molar-refractivity contribution in [3.63, 3.8) is 0 Å². The van der Waals surface area contributed by atoms with Crippen LogP contribution in [0.1, 0.15) is 77.4 Å². The molecule has 0 radical (unpaired) electrons. The molecule has 1 unspecified atom stereocenters. The molecule has 3 aliphatic heterocycles. The van der Waals surface area contributed by atoms with Crippen molar-refractivity contribution in [1.29, 1.82) is 0 Å². The molecule has 3 amide bonds. The van der Waals surface area contributed by atoms with Crippen molar-refractivity contribution < 1.29 is 33.8 Å². The topological polar surface area (TPSA) is 125 Å². The Balaban J connectivity index is 1.70. The second-order valence-electron chi connectivity index (χ2n) is 13.6. The molecular weight excluding hydrogens is 678 g/mol. The van der Waals surface area contributed by atoms with E-state index in [9.17, 15) is 24.3 Å². The zero-order chi connectivity index (χ0) is 35.0. The maximum atomic E-state index is 14.7. The van der Waals surface area contributed by atoms with E-state index >= 15 is 0 Å². The number of aliphatic hydroxyl groups excluding tert-OH is 1. The van der Waals surface area contributed by atoms with Crippen LogP contribution >= 0.6 is 15.9 Å². The highest BCUT2D eigenvalue weighted by atomic mass is 79.9. The molecular formula is C37H52BrN3O7. The van der Waals surface area contributed by atoms with Crippen LogP contribution in [0.3, 0.4) is 0 Å². The zero-order valence-electron chi connectivity index (χ0n) is 28.5. The third-order valence-electron chi connectivity index (χ3n) is 9.76. The summed E-state index contributed by atoms with van der Waals surface area (Å²) in [5.41, 5.74) is -0.590. The van der Waals surface area contributed by atoms with Gasteiger partial charge in [-0.2, -0.15) is 0 Å². The van der Waals surface area contributed by atoms with Crippen LogP contribution in [-0.2, 0) is 28.7 Å². The van der Waals surface area contributed by atoms with Crippen LogP contribution in [0.4, 0.5) is 0 Å². The van der Waals surface area contributed by atoms with Crippen LogP contribution in [0.2, 0.25) is 0 Å². The Labute approximate surface area is 293 Å². The molecule has 8 atom stereocenters. The first-order valence-corrected chi connectivity index (χ1v) is 18.2. The standard InChI is InChI=1S/C37H52BrN3O7/c1-6-9-14-19-40(18-8-3)35(45)33-37-21-27(38)32(48-37)30(31(37)34(44)41(33)26(23-42)20-24(4)5)36(46)47-28(25-15-12-11-13-16-25)22-39-29(43)17-10-7-2/h7-8,11-13,15-16,24,26-28,30-33,42H,2-3,6,9-10,14,17-23H2,1,4-5H3,(H,39,43)/t26-,27?,28-,30+,31-,32+,33+,37-/m1/s1. The maximum Gasteiger partial charge on any atom is 0.313 e. The minimum atomic E-state index is -1.29. The van der Waals surface area contributed by atoms with E-state index in [4.69, 9.17) is 9.47 Å². The van der Waals surface area contributed by atoms with Crippen LogP contribution in [-0.4, -0.2) is 93.5 Å². The fourth-order valence-electron chi connectivity index (χ4n) is 7.64. The smallest absolute Gasteiger partial charge is 0.313 e. The van der Waals surface area contributed by atoms with Crippen LogP contribution in [0.5, 0.6) is 0 Å². The summed E-state index contributed by atoms with van der Waals surface area (Å²) >= 11 is 3.73. The van der Waals surface area contributed by atoms with E-state index < -0.39 is 47.7 Å². The van der Waals surface area contributed by atoms with Gasteiger partial charge in [0.2, 0.25) is 17.7 Å². The number of likely N-dealkylation sites (tertiary alicyclic amines) is 1. The molecule has 3 heterocycles. The van der Waals surface area contributed by atoms with Crippen LogP contribution in [0.15, 0.2) is 55.6 Å². The number of ether oxygens (including phenoxy) is 2. The summed E-state index contributed by atoms with van der Waals surface area (Å²) in [4.78, 5) is 59.0. The number of unbranched alkanes of at least 4 members (excludes halogenated alkanes) is 2. The van der Waals surface area contributed by atoms with E-state index in [-0.39, 0.29) is 48.0 Å². The Morgan fingerprint density at radius 1 is 1.21 bits per heavy atom. The second kappa shape index (κ2) is 17.1. The molecule has 1 spiro atoms. The highest BCUT2D eigenvalue weighted by Gasteiger charge is 2.77. The van der Waals surface area contributed by atoms with E-state index in [0.29, 0.717) is 37.9 Å². The van der Waals surface area contributed by atoms with Gasteiger partial charge in [0, 0.05) is 24.3 Å². The van der Waals surface area contributed by atoms with Gasteiger partial charge in [0.1, 0.15) is 17.7 Å². The molecule has 1 aromatic rings. The van der Waals surface area contributed by atoms with E-state index in [1.807, 2.05) is 44.2 Å². The van der Waals surface area contributed by atoms with Gasteiger partial charge < -0.3 is 29.7 Å². The number of hydrogen-bond acceptors (Lipinski definition) is 7. The van der Waals surface area contributed by atoms with Gasteiger partial charge in [0.05, 0.1) is 37.1 Å². The highest BCUT2D eigenvalue weighted by molar-refractivity contribution is 9.09. The number of fused-ring (bicyclic) bond motifs is 1. The number of nitrogens with one attached hydrogen (secondary N) is 1. The number of carbonyl (C=O) groups is 4. The second-order valence-corrected chi connectivity index (χ2v) is 14.8. The van der Waals surface area contributed by atoms with Crippen LogP contribution < -0.4 is 5.32 Å². The van der Waals surface area contributed by atoms with Crippen molar-refractivity contribution in [1.82, 2.24) is 15.1 Å². The Morgan fingerprint density at radius 3 is 2.56 bits per heavy atom. The van der Waals surface area contributed by atoms with Gasteiger partial charge in [-0.1, -0.05) is 92.0 Å². The molecule has 3 saturated heterocycles. The third-order valence-corrected chi connectivity index (χ3v) is 10.6.